The molecule has 1 saturated heterocycles. The van der Waals surface area contributed by atoms with Gasteiger partial charge in [-0.1, -0.05) is 12.1 Å². The minimum atomic E-state index is -0.250. The van der Waals surface area contributed by atoms with E-state index in [1.165, 1.54) is 0 Å². The third-order valence-electron chi connectivity index (χ3n) is 4.82. The first-order valence-corrected chi connectivity index (χ1v) is 8.46. The molecular weight excluding hydrogens is 328 g/mol. The molecular formula is C21H20N2O3. The molecule has 1 aromatic heterocycles. The van der Waals surface area contributed by atoms with E-state index in [0.29, 0.717) is 0 Å². The zero-order valence-corrected chi connectivity index (χ0v) is 14.7. The van der Waals surface area contributed by atoms with Crippen LogP contribution >= 0.6 is 0 Å². The maximum atomic E-state index is 13.0. The van der Waals surface area contributed by atoms with E-state index in [2.05, 4.69) is 0 Å². The Hall–Kier alpha value is -3.21. The molecule has 4 rings (SSSR count). The SMILES string of the molecule is COc1ccc([C@H]2[C@H](n3cccc3)C(=O)N2c2ccc(OC)cc2)cc1. The van der Waals surface area contributed by atoms with Gasteiger partial charge in [0.2, 0.25) is 0 Å². The van der Waals surface area contributed by atoms with Gasteiger partial charge in [-0.2, -0.15) is 0 Å². The Kier molecular flexibility index (Phi) is 4.13. The Labute approximate surface area is 152 Å². The Balaban J connectivity index is 1.72. The van der Waals surface area contributed by atoms with Crippen LogP contribution in [0.1, 0.15) is 17.6 Å². The van der Waals surface area contributed by atoms with Crippen LogP contribution in [0.15, 0.2) is 73.1 Å². The lowest BCUT2D eigenvalue weighted by molar-refractivity contribution is -0.129. The van der Waals surface area contributed by atoms with Gasteiger partial charge in [-0.15, -0.1) is 0 Å². The average Bonchev–Trinajstić information content (AvgIpc) is 3.20. The van der Waals surface area contributed by atoms with Crippen molar-refractivity contribution in [3.05, 3.63) is 78.6 Å². The van der Waals surface area contributed by atoms with Crippen LogP contribution in [0.3, 0.4) is 0 Å². The largest absolute Gasteiger partial charge is 0.497 e. The third kappa shape index (κ3) is 2.62. The van der Waals surface area contributed by atoms with Crippen molar-refractivity contribution >= 4 is 11.6 Å². The molecule has 2 aromatic carbocycles. The van der Waals surface area contributed by atoms with E-state index < -0.39 is 0 Å². The van der Waals surface area contributed by atoms with Crippen LogP contribution < -0.4 is 14.4 Å². The van der Waals surface area contributed by atoms with Crippen LogP contribution in [0.25, 0.3) is 0 Å². The molecule has 2 heterocycles. The third-order valence-corrected chi connectivity index (χ3v) is 4.82. The first kappa shape index (κ1) is 16.3. The second-order valence-electron chi connectivity index (χ2n) is 6.20. The lowest BCUT2D eigenvalue weighted by Gasteiger charge is -2.48. The number of carbonyl (C=O) groups is 1. The Morgan fingerprint density at radius 3 is 1.85 bits per heavy atom. The van der Waals surface area contributed by atoms with Gasteiger partial charge in [0.25, 0.3) is 5.91 Å². The second kappa shape index (κ2) is 6.59. The van der Waals surface area contributed by atoms with Gasteiger partial charge >= 0.3 is 0 Å². The summed E-state index contributed by atoms with van der Waals surface area (Å²) in [6.07, 6.45) is 3.87. The summed E-state index contributed by atoms with van der Waals surface area (Å²) in [5, 5.41) is 0. The van der Waals surface area contributed by atoms with Crippen molar-refractivity contribution in [3.63, 3.8) is 0 Å². The Morgan fingerprint density at radius 1 is 0.769 bits per heavy atom. The van der Waals surface area contributed by atoms with Gasteiger partial charge in [0.1, 0.15) is 17.5 Å². The number of β-lactam (4-membered cyclic amide) rings is 1. The van der Waals surface area contributed by atoms with Crippen molar-refractivity contribution in [2.45, 2.75) is 12.1 Å². The number of anilines is 1. The predicted molar refractivity (Wildman–Crippen MR) is 99.7 cm³/mol. The average molecular weight is 348 g/mol. The summed E-state index contributed by atoms with van der Waals surface area (Å²) < 4.78 is 12.5. The van der Waals surface area contributed by atoms with Crippen LogP contribution in [0.5, 0.6) is 11.5 Å². The lowest BCUT2D eigenvalue weighted by Crippen LogP contribution is -2.55. The normalized spacial score (nSPS) is 19.2. The van der Waals surface area contributed by atoms with Gasteiger partial charge in [0.05, 0.1) is 20.3 Å². The van der Waals surface area contributed by atoms with E-state index in [4.69, 9.17) is 9.47 Å². The van der Waals surface area contributed by atoms with Crippen molar-refractivity contribution < 1.29 is 14.3 Å². The molecule has 2 atom stereocenters. The molecule has 0 saturated carbocycles. The molecule has 0 aliphatic carbocycles. The standard InChI is InChI=1S/C21H20N2O3/c1-25-17-9-5-15(6-10-17)19-20(22-13-3-4-14-22)21(24)23(19)16-7-11-18(26-2)12-8-16/h3-14,19-20H,1-2H3/t19-,20-/m0/s1. The molecule has 26 heavy (non-hydrogen) atoms. The van der Waals surface area contributed by atoms with Crippen LogP contribution in [-0.2, 0) is 4.79 Å². The molecule has 0 unspecified atom stereocenters. The number of nitrogens with zero attached hydrogens (tertiary/aromatic N) is 2. The van der Waals surface area contributed by atoms with E-state index in [-0.39, 0.29) is 18.0 Å². The number of ether oxygens (including phenoxy) is 2. The number of methoxy groups -OCH3 is 2. The fraction of sp³-hybridized carbons (Fsp3) is 0.190. The fourth-order valence-electron chi connectivity index (χ4n) is 3.46. The minimum absolute atomic E-state index is 0.0748. The highest BCUT2D eigenvalue weighted by Gasteiger charge is 2.49. The molecule has 5 heteroatoms. The summed E-state index contributed by atoms with van der Waals surface area (Å²) in [6.45, 7) is 0. The molecule has 5 nitrogen and oxygen atoms in total. The first-order valence-electron chi connectivity index (χ1n) is 8.46. The van der Waals surface area contributed by atoms with Gasteiger partial charge < -0.3 is 18.9 Å². The summed E-state index contributed by atoms with van der Waals surface area (Å²) in [4.78, 5) is 14.8. The summed E-state index contributed by atoms with van der Waals surface area (Å²) in [6, 6.07) is 19.0. The maximum absolute atomic E-state index is 13.0. The second-order valence-corrected chi connectivity index (χ2v) is 6.20. The van der Waals surface area contributed by atoms with Gasteiger partial charge in [0, 0.05) is 18.1 Å². The van der Waals surface area contributed by atoms with E-state index in [1.807, 2.05) is 82.5 Å². The van der Waals surface area contributed by atoms with Crippen molar-refractivity contribution in [3.8, 4) is 11.5 Å². The van der Waals surface area contributed by atoms with Gasteiger partial charge in [-0.25, -0.2) is 0 Å². The molecule has 1 fully saturated rings. The summed E-state index contributed by atoms with van der Waals surface area (Å²) in [5.41, 5.74) is 1.93. The smallest absolute Gasteiger partial charge is 0.253 e. The highest BCUT2D eigenvalue weighted by Crippen LogP contribution is 2.46. The Morgan fingerprint density at radius 2 is 1.31 bits per heavy atom. The fourth-order valence-corrected chi connectivity index (χ4v) is 3.46. The van der Waals surface area contributed by atoms with Crippen molar-refractivity contribution in [2.75, 3.05) is 19.1 Å². The monoisotopic (exact) mass is 348 g/mol. The van der Waals surface area contributed by atoms with Crippen molar-refractivity contribution in [2.24, 2.45) is 0 Å². The summed E-state index contributed by atoms with van der Waals surface area (Å²) >= 11 is 0. The topological polar surface area (TPSA) is 43.7 Å². The number of hydrogen-bond donors (Lipinski definition) is 0. The number of benzene rings is 2. The van der Waals surface area contributed by atoms with E-state index in [1.54, 1.807) is 14.2 Å². The molecule has 0 bridgehead atoms. The zero-order chi connectivity index (χ0) is 18.1. The van der Waals surface area contributed by atoms with Crippen molar-refractivity contribution in [1.29, 1.82) is 0 Å². The predicted octanol–water partition coefficient (Wildman–Crippen LogP) is 3.83. The van der Waals surface area contributed by atoms with Gasteiger partial charge in [0.15, 0.2) is 0 Å². The first-order chi connectivity index (χ1) is 12.7. The maximum Gasteiger partial charge on any atom is 0.253 e. The van der Waals surface area contributed by atoms with Gasteiger partial charge in [-0.05, 0) is 54.1 Å². The number of rotatable bonds is 5. The van der Waals surface area contributed by atoms with E-state index in [0.717, 1.165) is 22.7 Å². The van der Waals surface area contributed by atoms with Crippen LogP contribution in [0.4, 0.5) is 5.69 Å². The number of hydrogen-bond acceptors (Lipinski definition) is 3. The van der Waals surface area contributed by atoms with Crippen LogP contribution in [0.2, 0.25) is 0 Å². The molecule has 132 valence electrons. The summed E-state index contributed by atoms with van der Waals surface area (Å²) in [5.74, 6) is 1.64. The molecule has 0 spiro atoms. The number of carbonyl (C=O) groups excluding carboxylic acids is 1. The highest BCUT2D eigenvalue weighted by molar-refractivity contribution is 6.04. The molecule has 1 amide bonds. The Bertz CT molecular complexity index is 886. The summed E-state index contributed by atoms with van der Waals surface area (Å²) in [7, 11) is 3.28. The number of amides is 1. The van der Waals surface area contributed by atoms with Crippen LogP contribution in [0, 0.1) is 0 Å². The van der Waals surface area contributed by atoms with Crippen molar-refractivity contribution in [1.82, 2.24) is 4.57 Å². The molecule has 1 aliphatic rings. The van der Waals surface area contributed by atoms with E-state index in [9.17, 15) is 4.79 Å². The molecule has 1 aliphatic heterocycles. The molecule has 0 N–H and O–H groups in total. The molecule has 0 radical (unpaired) electrons. The van der Waals surface area contributed by atoms with E-state index >= 15 is 0 Å². The molecule has 3 aromatic rings. The quantitative estimate of drug-likeness (QED) is 0.658. The highest BCUT2D eigenvalue weighted by atomic mass is 16.5. The lowest BCUT2D eigenvalue weighted by atomic mass is 9.87. The minimum Gasteiger partial charge on any atom is -0.497 e. The van der Waals surface area contributed by atoms with Gasteiger partial charge in [-0.3, -0.25) is 4.79 Å². The number of aromatic nitrogens is 1. The zero-order valence-electron chi connectivity index (χ0n) is 14.7. The van der Waals surface area contributed by atoms with Crippen LogP contribution in [-0.4, -0.2) is 24.7 Å².